The van der Waals surface area contributed by atoms with Gasteiger partial charge in [0.2, 0.25) is 11.8 Å². The van der Waals surface area contributed by atoms with Crippen molar-refractivity contribution in [3.63, 3.8) is 0 Å². The third kappa shape index (κ3) is 4.32. The number of benzene rings is 3. The van der Waals surface area contributed by atoms with Gasteiger partial charge < -0.3 is 9.84 Å². The summed E-state index contributed by atoms with van der Waals surface area (Å²) in [4.78, 5) is 60.5. The number of thiophene rings is 1. The number of hydrogen-bond acceptors (Lipinski definition) is 7. The van der Waals surface area contributed by atoms with Gasteiger partial charge in [0.05, 0.1) is 30.9 Å². The Balaban J connectivity index is 1.36. The van der Waals surface area contributed by atoms with Gasteiger partial charge in [0.1, 0.15) is 0 Å². The summed E-state index contributed by atoms with van der Waals surface area (Å²) in [5, 5.41) is 13.7. The van der Waals surface area contributed by atoms with Crippen LogP contribution in [-0.4, -0.2) is 40.5 Å². The minimum Gasteiger partial charge on any atom is -0.504 e. The second-order valence-electron chi connectivity index (χ2n) is 13.0. The molecule has 0 spiro atoms. The van der Waals surface area contributed by atoms with Crippen LogP contribution < -0.4 is 4.74 Å². The van der Waals surface area contributed by atoms with E-state index in [1.54, 1.807) is 18.2 Å². The molecule has 0 radical (unpaired) electrons. The number of rotatable bonds is 6. The lowest BCUT2D eigenvalue weighted by Crippen LogP contribution is -2.58. The Bertz CT molecular complexity index is 2020. The molecule has 48 heavy (non-hydrogen) atoms. The molecule has 2 fully saturated rings. The molecule has 8 heteroatoms. The van der Waals surface area contributed by atoms with E-state index in [1.165, 1.54) is 29.4 Å². The number of fused-ring (bicyclic) bond motifs is 4. The molecule has 3 aliphatic carbocycles. The number of phenolic OH excluding ortho intramolecular Hbond substituents is 1. The van der Waals surface area contributed by atoms with E-state index in [-0.39, 0.29) is 47.8 Å². The maximum atomic E-state index is 15.1. The number of para-hydroxylation sites is 1. The number of carbonyl (C=O) groups excluding carboxylic acids is 4. The first-order valence-electron chi connectivity index (χ1n) is 16.2. The second-order valence-corrected chi connectivity index (χ2v) is 14.1. The fraction of sp³-hybridized carbons (Fsp3) is 0.250. The summed E-state index contributed by atoms with van der Waals surface area (Å²) in [5.41, 5.74) is 1.48. The fourth-order valence-electron chi connectivity index (χ4n) is 8.94. The predicted molar refractivity (Wildman–Crippen MR) is 181 cm³/mol. The number of aromatic hydroxyl groups is 1. The minimum absolute atomic E-state index is 0.117. The van der Waals surface area contributed by atoms with Gasteiger partial charge in [-0.3, -0.25) is 24.1 Å². The molecule has 6 unspecified atom stereocenters. The van der Waals surface area contributed by atoms with E-state index in [0.717, 1.165) is 10.5 Å². The van der Waals surface area contributed by atoms with Gasteiger partial charge in [-0.05, 0) is 53.5 Å². The molecule has 0 bridgehead atoms. The first-order chi connectivity index (χ1) is 23.4. The molecule has 1 N–H and O–H groups in total. The quantitative estimate of drug-likeness (QED) is 0.188. The van der Waals surface area contributed by atoms with Crippen molar-refractivity contribution in [3.05, 3.63) is 136 Å². The van der Waals surface area contributed by atoms with Crippen molar-refractivity contribution < 1.29 is 29.0 Å². The van der Waals surface area contributed by atoms with Gasteiger partial charge >= 0.3 is 0 Å². The first kappa shape index (κ1) is 30.3. The number of likely N-dealkylation sites (tertiary alicyclic amines) is 1. The zero-order valence-electron chi connectivity index (χ0n) is 26.2. The van der Waals surface area contributed by atoms with E-state index in [0.29, 0.717) is 28.7 Å². The van der Waals surface area contributed by atoms with Crippen LogP contribution in [0.5, 0.6) is 11.5 Å². The van der Waals surface area contributed by atoms with Crippen LogP contribution in [0.25, 0.3) is 5.57 Å². The summed E-state index contributed by atoms with van der Waals surface area (Å²) in [6.45, 7) is 0.209. The molecule has 6 atom stereocenters. The van der Waals surface area contributed by atoms with Crippen molar-refractivity contribution in [1.29, 1.82) is 0 Å². The second kappa shape index (κ2) is 11.6. The highest BCUT2D eigenvalue weighted by Crippen LogP contribution is 2.64. The molecule has 7 nitrogen and oxygen atoms in total. The zero-order valence-corrected chi connectivity index (χ0v) is 27.1. The van der Waals surface area contributed by atoms with E-state index in [9.17, 15) is 19.5 Å². The maximum Gasteiger partial charge on any atom is 0.234 e. The van der Waals surface area contributed by atoms with Crippen molar-refractivity contribution in [1.82, 2.24) is 4.90 Å². The van der Waals surface area contributed by atoms with E-state index >= 15 is 4.79 Å². The Morgan fingerprint density at radius 2 is 1.62 bits per heavy atom. The number of hydrogen-bond donors (Lipinski definition) is 1. The van der Waals surface area contributed by atoms with Gasteiger partial charge in [-0.2, -0.15) is 0 Å². The molecule has 2 amide bonds. The summed E-state index contributed by atoms with van der Waals surface area (Å²) >= 11 is 1.50. The maximum absolute atomic E-state index is 15.1. The van der Waals surface area contributed by atoms with Crippen LogP contribution in [-0.2, 0) is 31.1 Å². The van der Waals surface area contributed by atoms with Gasteiger partial charge in [-0.25, -0.2) is 0 Å². The number of imide groups is 1. The number of allylic oxidation sites excluding steroid dienone is 4. The van der Waals surface area contributed by atoms with E-state index in [1.807, 2.05) is 84.3 Å². The normalized spacial score (nSPS) is 27.9. The zero-order chi connectivity index (χ0) is 33.2. The lowest BCUT2D eigenvalue weighted by Gasteiger charge is -2.55. The van der Waals surface area contributed by atoms with Gasteiger partial charge in [-0.1, -0.05) is 90.5 Å². The number of nitrogens with zero attached hydrogens (tertiary/aromatic N) is 1. The Labute approximate surface area is 282 Å². The Morgan fingerprint density at radius 1 is 0.875 bits per heavy atom. The highest BCUT2D eigenvalue weighted by molar-refractivity contribution is 7.09. The third-order valence-corrected chi connectivity index (χ3v) is 11.8. The molecule has 4 aliphatic rings. The van der Waals surface area contributed by atoms with Crippen LogP contribution in [0.3, 0.4) is 0 Å². The topological polar surface area (TPSA) is 101 Å². The molecule has 4 aromatic rings. The smallest absolute Gasteiger partial charge is 0.234 e. The number of ketones is 2. The van der Waals surface area contributed by atoms with Crippen LogP contribution in [0.4, 0.5) is 0 Å². The summed E-state index contributed by atoms with van der Waals surface area (Å²) < 4.78 is 5.54. The molecular weight excluding hydrogens is 623 g/mol. The summed E-state index contributed by atoms with van der Waals surface area (Å²) in [5.74, 6) is -4.18. The van der Waals surface area contributed by atoms with Crippen molar-refractivity contribution in [2.75, 3.05) is 7.11 Å². The highest BCUT2D eigenvalue weighted by atomic mass is 32.1. The van der Waals surface area contributed by atoms with Gasteiger partial charge in [0.25, 0.3) is 0 Å². The van der Waals surface area contributed by atoms with E-state index in [2.05, 4.69) is 0 Å². The largest absolute Gasteiger partial charge is 0.504 e. The van der Waals surface area contributed by atoms with Crippen molar-refractivity contribution in [2.24, 2.45) is 23.7 Å². The van der Waals surface area contributed by atoms with Crippen LogP contribution in [0.15, 0.2) is 114 Å². The standard InChI is InChI=1S/C40H33NO6S/c1-47-32-16-8-15-28(37(32)44)35-26-17-18-27-34(39(46)41(38(27)45)22-25-14-9-19-48-25)30(26)20-31-36(43)29(23-10-4-2-5-11-23)21-33(42)40(31,35)24-12-6-3-7-13-24/h2-17,19,21,27,30-31,34-35,44H,18,20,22H2,1H3. The Morgan fingerprint density at radius 3 is 2.33 bits per heavy atom. The Kier molecular flexibility index (Phi) is 7.29. The van der Waals surface area contributed by atoms with Gasteiger partial charge in [0.15, 0.2) is 23.1 Å². The molecule has 2 heterocycles. The summed E-state index contributed by atoms with van der Waals surface area (Å²) in [6, 6.07) is 27.5. The molecule has 240 valence electrons. The third-order valence-electron chi connectivity index (χ3n) is 10.9. The van der Waals surface area contributed by atoms with E-state index in [4.69, 9.17) is 4.74 Å². The number of carbonyl (C=O) groups is 4. The molecule has 1 aromatic heterocycles. The highest BCUT2D eigenvalue weighted by Gasteiger charge is 2.66. The molecule has 1 saturated carbocycles. The van der Waals surface area contributed by atoms with Crippen molar-refractivity contribution in [3.8, 4) is 11.5 Å². The van der Waals surface area contributed by atoms with Crippen LogP contribution in [0.1, 0.15) is 40.3 Å². The molecule has 8 rings (SSSR count). The molecular formula is C40H33NO6S. The van der Waals surface area contributed by atoms with Gasteiger partial charge in [-0.15, -0.1) is 11.3 Å². The molecule has 3 aromatic carbocycles. The van der Waals surface area contributed by atoms with Crippen LogP contribution in [0.2, 0.25) is 0 Å². The molecule has 1 saturated heterocycles. The number of amides is 2. The van der Waals surface area contributed by atoms with E-state index < -0.39 is 35.0 Å². The average molecular weight is 656 g/mol. The number of methoxy groups -OCH3 is 1. The van der Waals surface area contributed by atoms with Gasteiger partial charge in [0, 0.05) is 27.8 Å². The molecule has 1 aliphatic heterocycles. The lowest BCUT2D eigenvalue weighted by molar-refractivity contribution is -0.141. The van der Waals surface area contributed by atoms with Crippen molar-refractivity contribution >= 4 is 40.3 Å². The first-order valence-corrected chi connectivity index (χ1v) is 17.1. The average Bonchev–Trinajstić information content (AvgIpc) is 3.72. The lowest BCUT2D eigenvalue weighted by atomic mass is 9.44. The summed E-state index contributed by atoms with van der Waals surface area (Å²) in [6.07, 6.45) is 4.02. The SMILES string of the molecule is COc1cccc(C2C3=CCC4C(=O)N(Cc5cccs5)C(=O)C4C3CC3C(=O)C(c4ccccc4)=CC(=O)C32c2ccccc2)c1O. The van der Waals surface area contributed by atoms with Crippen molar-refractivity contribution in [2.45, 2.75) is 30.7 Å². The predicted octanol–water partition coefficient (Wildman–Crippen LogP) is 6.49. The number of Topliss-reactive ketones (excluding diaryl/α,β-unsaturated/α-hetero) is 1. The van der Waals surface area contributed by atoms with Crippen LogP contribution in [0, 0.1) is 23.7 Å². The number of ether oxygens (including phenoxy) is 1. The van der Waals surface area contributed by atoms with Crippen LogP contribution >= 0.6 is 11.3 Å². The Hall–Kier alpha value is -5.08. The summed E-state index contributed by atoms with van der Waals surface area (Å²) in [7, 11) is 1.47. The number of phenols is 1. The monoisotopic (exact) mass is 655 g/mol. The minimum atomic E-state index is -1.42. The fourth-order valence-corrected chi connectivity index (χ4v) is 9.63.